The summed E-state index contributed by atoms with van der Waals surface area (Å²) in [5, 5.41) is 0. The molecule has 1 saturated carbocycles. The second-order valence-electron chi connectivity index (χ2n) is 5.59. The van der Waals surface area contributed by atoms with Crippen molar-refractivity contribution >= 4 is 11.9 Å². The van der Waals surface area contributed by atoms with Crippen molar-refractivity contribution in [1.29, 1.82) is 0 Å². The van der Waals surface area contributed by atoms with Gasteiger partial charge in [0.1, 0.15) is 5.60 Å². The molecule has 0 atom stereocenters. The van der Waals surface area contributed by atoms with Gasteiger partial charge in [-0.3, -0.25) is 9.59 Å². The number of hydrogen-bond donors (Lipinski definition) is 0. The van der Waals surface area contributed by atoms with Crippen LogP contribution in [-0.2, 0) is 19.1 Å². The van der Waals surface area contributed by atoms with E-state index in [1.54, 1.807) is 6.92 Å². The van der Waals surface area contributed by atoms with Crippen LogP contribution < -0.4 is 0 Å². The molecule has 0 unspecified atom stereocenters. The van der Waals surface area contributed by atoms with Gasteiger partial charge in [0.2, 0.25) is 0 Å². The average molecular weight is 242 g/mol. The molecule has 17 heavy (non-hydrogen) atoms. The maximum absolute atomic E-state index is 11.9. The van der Waals surface area contributed by atoms with E-state index in [4.69, 9.17) is 9.47 Å². The highest BCUT2D eigenvalue weighted by molar-refractivity contribution is 5.81. The van der Waals surface area contributed by atoms with E-state index in [0.717, 1.165) is 12.8 Å². The van der Waals surface area contributed by atoms with Crippen molar-refractivity contribution in [3.8, 4) is 0 Å². The molecule has 0 heterocycles. The summed E-state index contributed by atoms with van der Waals surface area (Å²) in [5.74, 6) is -0.406. The van der Waals surface area contributed by atoms with Gasteiger partial charge in [0.05, 0.1) is 12.0 Å². The molecule has 98 valence electrons. The minimum absolute atomic E-state index is 0.172. The van der Waals surface area contributed by atoms with Gasteiger partial charge in [0.25, 0.3) is 0 Å². The lowest BCUT2D eigenvalue weighted by Crippen LogP contribution is -2.30. The van der Waals surface area contributed by atoms with Crippen LogP contribution in [-0.4, -0.2) is 24.1 Å². The Morgan fingerprint density at radius 1 is 1.24 bits per heavy atom. The van der Waals surface area contributed by atoms with Crippen molar-refractivity contribution in [3.05, 3.63) is 0 Å². The zero-order chi connectivity index (χ0) is 13.1. The number of ether oxygens (including phenoxy) is 2. The molecule has 0 amide bonds. The smallest absolute Gasteiger partial charge is 0.312 e. The molecule has 1 fully saturated rings. The molecule has 0 bridgehead atoms. The standard InChI is InChI=1S/C13H22O4/c1-5-16-10(14)6-7-13(8-9-13)11(15)17-12(2,3)4/h5-9H2,1-4H3. The third kappa shape index (κ3) is 4.36. The first-order valence-electron chi connectivity index (χ1n) is 6.18. The van der Waals surface area contributed by atoms with Crippen molar-refractivity contribution in [2.24, 2.45) is 5.41 Å². The molecule has 0 aromatic carbocycles. The zero-order valence-electron chi connectivity index (χ0n) is 11.2. The van der Waals surface area contributed by atoms with E-state index in [0.29, 0.717) is 19.4 Å². The number of esters is 2. The van der Waals surface area contributed by atoms with Crippen LogP contribution >= 0.6 is 0 Å². The first-order valence-corrected chi connectivity index (χ1v) is 6.18. The van der Waals surface area contributed by atoms with E-state index in [9.17, 15) is 9.59 Å². The number of rotatable bonds is 5. The Hall–Kier alpha value is -1.06. The number of carbonyl (C=O) groups excluding carboxylic acids is 2. The first-order chi connectivity index (χ1) is 7.79. The highest BCUT2D eigenvalue weighted by atomic mass is 16.6. The SMILES string of the molecule is CCOC(=O)CCC1(C(=O)OC(C)(C)C)CC1. The third-order valence-electron chi connectivity index (χ3n) is 2.80. The molecule has 1 aliphatic rings. The fourth-order valence-electron chi connectivity index (χ4n) is 1.67. The van der Waals surface area contributed by atoms with Gasteiger partial charge in [-0.05, 0) is 47.0 Å². The molecule has 0 aromatic heterocycles. The quantitative estimate of drug-likeness (QED) is 0.695. The van der Waals surface area contributed by atoms with E-state index in [-0.39, 0.29) is 11.9 Å². The van der Waals surface area contributed by atoms with Crippen LogP contribution in [0.4, 0.5) is 0 Å². The summed E-state index contributed by atoms with van der Waals surface area (Å²) in [6, 6.07) is 0. The molecular formula is C13H22O4. The maximum Gasteiger partial charge on any atom is 0.312 e. The minimum atomic E-state index is -0.462. The molecule has 0 spiro atoms. The Morgan fingerprint density at radius 2 is 1.82 bits per heavy atom. The molecule has 0 N–H and O–H groups in total. The zero-order valence-corrected chi connectivity index (χ0v) is 11.2. The second kappa shape index (κ2) is 5.07. The molecule has 0 saturated heterocycles. The van der Waals surface area contributed by atoms with Gasteiger partial charge in [-0.2, -0.15) is 0 Å². The monoisotopic (exact) mass is 242 g/mol. The van der Waals surface area contributed by atoms with Gasteiger partial charge >= 0.3 is 11.9 Å². The van der Waals surface area contributed by atoms with Crippen molar-refractivity contribution in [1.82, 2.24) is 0 Å². The largest absolute Gasteiger partial charge is 0.466 e. The Kier molecular flexibility index (Phi) is 4.17. The van der Waals surface area contributed by atoms with Crippen LogP contribution in [0.5, 0.6) is 0 Å². The third-order valence-corrected chi connectivity index (χ3v) is 2.80. The van der Waals surface area contributed by atoms with E-state index in [1.165, 1.54) is 0 Å². The maximum atomic E-state index is 11.9. The van der Waals surface area contributed by atoms with E-state index in [1.807, 2.05) is 20.8 Å². The van der Waals surface area contributed by atoms with Crippen molar-refractivity contribution in [2.75, 3.05) is 6.61 Å². The summed E-state index contributed by atoms with van der Waals surface area (Å²) < 4.78 is 10.2. The molecular weight excluding hydrogens is 220 g/mol. The van der Waals surface area contributed by atoms with Crippen molar-refractivity contribution < 1.29 is 19.1 Å². The highest BCUT2D eigenvalue weighted by Crippen LogP contribution is 2.51. The fourth-order valence-corrected chi connectivity index (χ4v) is 1.67. The summed E-state index contributed by atoms with van der Waals surface area (Å²) in [6.07, 6.45) is 2.48. The number of carbonyl (C=O) groups is 2. The summed E-state index contributed by atoms with van der Waals surface area (Å²) in [5.41, 5.74) is -0.878. The normalized spacial score (nSPS) is 17.4. The lowest BCUT2D eigenvalue weighted by Gasteiger charge is -2.23. The molecule has 1 rings (SSSR count). The highest BCUT2D eigenvalue weighted by Gasteiger charge is 2.51. The Balaban J connectivity index is 2.42. The predicted molar refractivity (Wildman–Crippen MR) is 63.4 cm³/mol. The fraction of sp³-hybridized carbons (Fsp3) is 0.846. The lowest BCUT2D eigenvalue weighted by molar-refractivity contribution is -0.162. The molecule has 4 nitrogen and oxygen atoms in total. The van der Waals surface area contributed by atoms with Crippen LogP contribution in [0.25, 0.3) is 0 Å². The summed E-state index contributed by atoms with van der Waals surface area (Å²) in [7, 11) is 0. The summed E-state index contributed by atoms with van der Waals surface area (Å²) in [6.45, 7) is 7.72. The van der Waals surface area contributed by atoms with Crippen LogP contribution in [0.15, 0.2) is 0 Å². The topological polar surface area (TPSA) is 52.6 Å². The van der Waals surface area contributed by atoms with Gasteiger partial charge in [0.15, 0.2) is 0 Å². The van der Waals surface area contributed by atoms with Crippen LogP contribution in [0, 0.1) is 5.41 Å². The molecule has 0 aliphatic heterocycles. The van der Waals surface area contributed by atoms with Crippen molar-refractivity contribution in [2.45, 2.75) is 59.0 Å². The van der Waals surface area contributed by atoms with Gasteiger partial charge in [-0.25, -0.2) is 0 Å². The van der Waals surface area contributed by atoms with Gasteiger partial charge in [-0.1, -0.05) is 0 Å². The summed E-state index contributed by atoms with van der Waals surface area (Å²) >= 11 is 0. The van der Waals surface area contributed by atoms with Crippen LogP contribution in [0.1, 0.15) is 53.4 Å². The van der Waals surface area contributed by atoms with Crippen LogP contribution in [0.2, 0.25) is 0 Å². The van der Waals surface area contributed by atoms with Crippen LogP contribution in [0.3, 0.4) is 0 Å². The summed E-state index contributed by atoms with van der Waals surface area (Å²) in [4.78, 5) is 23.2. The average Bonchev–Trinajstić information content (AvgIpc) is 2.93. The first kappa shape index (κ1) is 14.0. The minimum Gasteiger partial charge on any atom is -0.466 e. The molecule has 0 aromatic rings. The number of hydrogen-bond acceptors (Lipinski definition) is 4. The van der Waals surface area contributed by atoms with E-state index >= 15 is 0 Å². The van der Waals surface area contributed by atoms with Gasteiger partial charge in [0, 0.05) is 6.42 Å². The van der Waals surface area contributed by atoms with E-state index in [2.05, 4.69) is 0 Å². The van der Waals surface area contributed by atoms with Crippen molar-refractivity contribution in [3.63, 3.8) is 0 Å². The molecule has 1 aliphatic carbocycles. The Labute approximate surface area is 103 Å². The second-order valence-corrected chi connectivity index (χ2v) is 5.59. The lowest BCUT2D eigenvalue weighted by atomic mass is 10.00. The Morgan fingerprint density at radius 3 is 2.24 bits per heavy atom. The molecule has 4 heteroatoms. The van der Waals surface area contributed by atoms with Gasteiger partial charge < -0.3 is 9.47 Å². The predicted octanol–water partition coefficient (Wildman–Crippen LogP) is 2.45. The Bertz CT molecular complexity index is 297. The molecule has 0 radical (unpaired) electrons. The van der Waals surface area contributed by atoms with Gasteiger partial charge in [-0.15, -0.1) is 0 Å². The van der Waals surface area contributed by atoms with E-state index < -0.39 is 11.0 Å².